The lowest BCUT2D eigenvalue weighted by Gasteiger charge is -2.27. The summed E-state index contributed by atoms with van der Waals surface area (Å²) in [5.74, 6) is -0.458. The lowest BCUT2D eigenvalue weighted by atomic mass is 9.91. The van der Waals surface area contributed by atoms with E-state index in [4.69, 9.17) is 1.37 Å². The maximum Gasteiger partial charge on any atom is 0.285 e. The zero-order chi connectivity index (χ0) is 19.0. The number of aliphatic hydroxyl groups is 1. The van der Waals surface area contributed by atoms with Crippen molar-refractivity contribution in [3.05, 3.63) is 49.2 Å². The lowest BCUT2D eigenvalue weighted by molar-refractivity contribution is -0.385. The summed E-state index contributed by atoms with van der Waals surface area (Å²) < 4.78 is 7.67. The minimum absolute atomic E-state index is 0.0599. The molecule has 0 spiro atoms. The molecule has 1 atom stereocenters. The van der Waals surface area contributed by atoms with Gasteiger partial charge >= 0.3 is 0 Å². The van der Waals surface area contributed by atoms with Crippen LogP contribution in [0.2, 0.25) is 0 Å². The van der Waals surface area contributed by atoms with E-state index in [0.29, 0.717) is 23.1 Å². The third-order valence-electron chi connectivity index (χ3n) is 5.15. The number of nitrogens with zero attached hydrogens (tertiary/aromatic N) is 2. The number of aliphatic hydroxyl groups excluding tert-OH is 1. The van der Waals surface area contributed by atoms with Crippen LogP contribution in [-0.4, -0.2) is 33.5 Å². The summed E-state index contributed by atoms with van der Waals surface area (Å²) in [4.78, 5) is 25.9. The fraction of sp³-hybridized carbons (Fsp3) is 0.500. The van der Waals surface area contributed by atoms with Crippen molar-refractivity contribution in [1.82, 2.24) is 4.90 Å². The molecular formula is C18H24N2O4. The molecule has 0 saturated heterocycles. The molecule has 1 aliphatic rings. The third kappa shape index (κ3) is 2.60. The van der Waals surface area contributed by atoms with Crippen LogP contribution < -0.4 is 0 Å². The molecule has 130 valence electrons. The van der Waals surface area contributed by atoms with E-state index in [9.17, 15) is 20.0 Å². The number of carbonyl (C=O) groups excluding carboxylic acids is 1. The topological polar surface area (TPSA) is 83.7 Å². The molecule has 0 bridgehead atoms. The van der Waals surface area contributed by atoms with Crippen LogP contribution in [0, 0.1) is 37.8 Å². The van der Waals surface area contributed by atoms with Crippen molar-refractivity contribution >= 4 is 11.6 Å². The monoisotopic (exact) mass is 333 g/mol. The minimum Gasteiger partial charge on any atom is -0.394 e. The molecule has 24 heavy (non-hydrogen) atoms. The quantitative estimate of drug-likeness (QED) is 0.679. The minimum atomic E-state index is -0.538. The van der Waals surface area contributed by atoms with E-state index < -0.39 is 16.9 Å². The van der Waals surface area contributed by atoms with E-state index in [-0.39, 0.29) is 24.8 Å². The zero-order valence-corrected chi connectivity index (χ0v) is 14.8. The molecule has 0 saturated carbocycles. The first-order valence-corrected chi connectivity index (χ1v) is 7.84. The molecule has 0 aliphatic carbocycles. The molecule has 2 rings (SSSR count). The van der Waals surface area contributed by atoms with Crippen molar-refractivity contribution in [3.63, 3.8) is 0 Å². The van der Waals surface area contributed by atoms with Gasteiger partial charge in [0.25, 0.3) is 11.6 Å². The molecular weight excluding hydrogens is 308 g/mol. The van der Waals surface area contributed by atoms with Crippen LogP contribution in [0.25, 0.3) is 0 Å². The lowest BCUT2D eigenvalue weighted by Crippen LogP contribution is -2.38. The maximum absolute atomic E-state index is 13.3. The summed E-state index contributed by atoms with van der Waals surface area (Å²) in [5, 5.41) is 21.3. The molecule has 1 N–H and O–H groups in total. The number of allylic oxidation sites excluding steroid dienone is 1. The first-order chi connectivity index (χ1) is 11.7. The molecule has 1 aliphatic heterocycles. The first kappa shape index (κ1) is 16.6. The average molecular weight is 333 g/mol. The number of rotatable bonds is 3. The number of carbonyl (C=O) groups is 1. The van der Waals surface area contributed by atoms with E-state index in [1.54, 1.807) is 27.7 Å². The predicted molar refractivity (Wildman–Crippen MR) is 92.1 cm³/mol. The summed E-state index contributed by atoms with van der Waals surface area (Å²) in [5.41, 5.74) is 3.77. The van der Waals surface area contributed by atoms with Crippen LogP contribution in [0.4, 0.5) is 5.69 Å². The highest BCUT2D eigenvalue weighted by Crippen LogP contribution is 2.37. The smallest absolute Gasteiger partial charge is 0.285 e. The molecule has 6 nitrogen and oxygen atoms in total. The van der Waals surface area contributed by atoms with Gasteiger partial charge < -0.3 is 10.0 Å². The van der Waals surface area contributed by atoms with Crippen LogP contribution in [-0.2, 0) is 0 Å². The molecule has 0 unspecified atom stereocenters. The van der Waals surface area contributed by atoms with Crippen LogP contribution in [0.5, 0.6) is 0 Å². The second-order valence-electron chi connectivity index (χ2n) is 6.42. The van der Waals surface area contributed by atoms with Crippen LogP contribution >= 0.6 is 0 Å². The molecule has 0 fully saturated rings. The van der Waals surface area contributed by atoms with Crippen molar-refractivity contribution in [2.75, 3.05) is 6.61 Å². The maximum atomic E-state index is 13.3. The molecule has 0 aromatic heterocycles. The van der Waals surface area contributed by atoms with Gasteiger partial charge in [-0.2, -0.15) is 0 Å². The molecule has 6 heteroatoms. The van der Waals surface area contributed by atoms with Gasteiger partial charge in [0.1, 0.15) is 5.56 Å². The van der Waals surface area contributed by atoms with Crippen molar-refractivity contribution in [1.29, 1.82) is 0 Å². The summed E-state index contributed by atoms with van der Waals surface area (Å²) in [6.45, 7) is 8.48. The zero-order valence-electron chi connectivity index (χ0n) is 15.8. The van der Waals surface area contributed by atoms with Gasteiger partial charge in [0.2, 0.25) is 0 Å². The van der Waals surface area contributed by atoms with Gasteiger partial charge in [-0.25, -0.2) is 0 Å². The van der Waals surface area contributed by atoms with Crippen molar-refractivity contribution in [2.24, 2.45) is 0 Å². The standard InChI is InChI=1S/C18H24N2O4/c1-9-7-15(8-21)19(14(9)6)18(22)16-12(4)10(2)11(3)13(5)17(16)20(23)24/h15,21H,7-8H2,1-6H3/t15-/m0/s1/i3D. The Morgan fingerprint density at radius 3 is 2.38 bits per heavy atom. The van der Waals surface area contributed by atoms with E-state index in [0.717, 1.165) is 16.8 Å². The largest absolute Gasteiger partial charge is 0.394 e. The molecule has 0 radical (unpaired) electrons. The van der Waals surface area contributed by atoms with Crippen molar-refractivity contribution < 1.29 is 16.2 Å². The Balaban J connectivity index is 2.74. The Hall–Kier alpha value is -2.21. The number of nitro groups is 1. The molecule has 1 heterocycles. The Morgan fingerprint density at radius 2 is 1.88 bits per heavy atom. The van der Waals surface area contributed by atoms with Gasteiger partial charge in [0.15, 0.2) is 0 Å². The fourth-order valence-corrected chi connectivity index (χ4v) is 3.35. The summed E-state index contributed by atoms with van der Waals surface area (Å²) >= 11 is 0. The van der Waals surface area contributed by atoms with Crippen molar-refractivity contribution in [3.8, 4) is 0 Å². The SMILES string of the molecule is [2H]Cc1c(C)c(C)c(C(=O)N2C(C)=C(C)C[C@H]2CO)c([N+](=O)[O-])c1C. The second-order valence-corrected chi connectivity index (χ2v) is 6.42. The van der Waals surface area contributed by atoms with Gasteiger partial charge in [0, 0.05) is 12.6 Å². The number of hydrogen-bond donors (Lipinski definition) is 1. The number of hydrogen-bond acceptors (Lipinski definition) is 4. The normalized spacial score (nSPS) is 18.2. The van der Waals surface area contributed by atoms with E-state index in [1.165, 1.54) is 4.90 Å². The third-order valence-corrected chi connectivity index (χ3v) is 5.15. The average Bonchev–Trinajstić information content (AvgIpc) is 2.84. The summed E-state index contributed by atoms with van der Waals surface area (Å²) in [6, 6.07) is -0.400. The highest BCUT2D eigenvalue weighted by molar-refractivity contribution is 6.02. The van der Waals surface area contributed by atoms with E-state index >= 15 is 0 Å². The molecule has 1 amide bonds. The number of nitro benzene ring substituents is 1. The number of benzene rings is 1. The Kier molecular flexibility index (Phi) is 4.41. The highest BCUT2D eigenvalue weighted by atomic mass is 16.6. The van der Waals surface area contributed by atoms with E-state index in [2.05, 4.69) is 0 Å². The Bertz CT molecular complexity index is 786. The van der Waals surface area contributed by atoms with Crippen LogP contribution in [0.15, 0.2) is 11.3 Å². The number of amides is 1. The predicted octanol–water partition coefficient (Wildman–Crippen LogP) is 3.33. The van der Waals surface area contributed by atoms with E-state index in [1.807, 2.05) is 6.92 Å². The molecule has 1 aromatic rings. The van der Waals surface area contributed by atoms with Gasteiger partial charge in [-0.15, -0.1) is 0 Å². The highest BCUT2D eigenvalue weighted by Gasteiger charge is 2.37. The fourth-order valence-electron chi connectivity index (χ4n) is 3.35. The summed E-state index contributed by atoms with van der Waals surface area (Å²) in [7, 11) is 0. The Morgan fingerprint density at radius 1 is 1.25 bits per heavy atom. The van der Waals surface area contributed by atoms with Gasteiger partial charge in [0.05, 0.1) is 17.6 Å². The first-order valence-electron chi connectivity index (χ1n) is 8.55. The Labute approximate surface area is 143 Å². The summed E-state index contributed by atoms with van der Waals surface area (Å²) in [6.07, 6.45) is 0.559. The van der Waals surface area contributed by atoms with Gasteiger partial charge in [-0.1, -0.05) is 5.57 Å². The van der Waals surface area contributed by atoms with Crippen molar-refractivity contribution in [2.45, 2.75) is 54.0 Å². The van der Waals surface area contributed by atoms with Gasteiger partial charge in [-0.3, -0.25) is 14.9 Å². The van der Waals surface area contributed by atoms with Gasteiger partial charge in [-0.05, 0) is 64.6 Å². The van der Waals surface area contributed by atoms with Crippen LogP contribution in [0.3, 0.4) is 0 Å². The molecule has 1 aromatic carbocycles. The second kappa shape index (κ2) is 6.36. The van der Waals surface area contributed by atoms with Crippen LogP contribution in [0.1, 0.15) is 54.3 Å².